The molecule has 0 atom stereocenters. The second-order valence-electron chi connectivity index (χ2n) is 14.8. The Labute approximate surface area is 415 Å². The first-order valence-corrected chi connectivity index (χ1v) is 27.0. The van der Waals surface area contributed by atoms with Crippen LogP contribution < -0.4 is 0 Å². The van der Waals surface area contributed by atoms with Crippen LogP contribution in [-0.2, 0) is 91.7 Å². The molecule has 24 nitrogen and oxygen atoms in total. The fourth-order valence-corrected chi connectivity index (χ4v) is 4.19. The molecule has 424 valence electrons. The first-order valence-electron chi connectivity index (χ1n) is 18.8. The quantitative estimate of drug-likeness (QED) is 0.0669. The molecule has 0 radical (unpaired) electrons. The standard InChI is InChI=1S/2C8H18O4S.C6H14O4S.C4H8.2C2H6O4S.3C2H4.2CH4.H2O4S/c2*1-5-11-13(9,10)12-7-6-8(2,3)4;1-6(2,3)4-5-10-11(7,8)9;1-4(2)3;2*1-2-6-7(3,4)5;3*1-2;;;1-5(2,3)4/h2*5-7H2,1-4H3;4-5H2,1-3H3,(H,7,8,9);1H2,2-3H3;2*2H2,1H3,(H,3,4,5);3*1-2H2;2*1H4;(H2,1,2,3,4). The van der Waals surface area contributed by atoms with E-state index in [9.17, 15) is 42.1 Å². The van der Waals surface area contributed by atoms with Crippen LogP contribution in [0.1, 0.15) is 138 Å². The maximum atomic E-state index is 10.9. The molecule has 0 saturated heterocycles. The third-order valence-electron chi connectivity index (χ3n) is 4.30. The molecule has 0 aliphatic carbocycles. The van der Waals surface area contributed by atoms with E-state index in [1.807, 2.05) is 76.2 Å². The second kappa shape index (κ2) is 51.5. The number of hydrogen-bond acceptors (Lipinski definition) is 19. The average molecular weight is 1130 g/mol. The zero-order valence-corrected chi connectivity index (χ0v) is 46.4. The molecule has 5 N–H and O–H groups in total. The molecule has 0 bridgehead atoms. The summed E-state index contributed by atoms with van der Waals surface area (Å²) in [5.41, 5.74) is 1.33. The molecular weight excluding hydrogens is 1030 g/mol. The first-order chi connectivity index (χ1) is 29.1. The van der Waals surface area contributed by atoms with E-state index >= 15 is 0 Å². The molecule has 0 amide bonds. The molecule has 0 rings (SSSR count). The molecule has 0 aromatic rings. The SMILES string of the molecule is C.C.C=C.C=C.C=C.C=C(C)C.CC(C)(C)CCOS(=O)(=O)O.CCOS(=O)(=O)O.CCOS(=O)(=O)O.CCOS(=O)(=O)OCCC(C)(C)C.CCOS(=O)(=O)OCCC(C)(C)C.O=S(=O)(O)O. The molecule has 0 unspecified atom stereocenters. The van der Waals surface area contributed by atoms with Crippen LogP contribution in [0.4, 0.5) is 0 Å². The van der Waals surface area contributed by atoms with Crippen LogP contribution in [0.2, 0.25) is 0 Å². The Hall–Kier alpha value is -1.82. The van der Waals surface area contributed by atoms with Crippen LogP contribution in [0.25, 0.3) is 0 Å². The van der Waals surface area contributed by atoms with Crippen molar-refractivity contribution in [3.05, 3.63) is 51.6 Å². The van der Waals surface area contributed by atoms with E-state index in [1.165, 1.54) is 19.4 Å². The van der Waals surface area contributed by atoms with Crippen LogP contribution in [0, 0.1) is 16.2 Å². The molecular formula is C38H92O24S6. The highest BCUT2D eigenvalue weighted by molar-refractivity contribution is 7.82. The van der Waals surface area contributed by atoms with Gasteiger partial charge in [0.2, 0.25) is 0 Å². The fraction of sp³-hybridized carbons (Fsp3) is 0.789. The van der Waals surface area contributed by atoms with Gasteiger partial charge < -0.3 is 0 Å². The Kier molecular flexibility index (Phi) is 72.6. The molecule has 0 aliphatic rings. The zero-order valence-electron chi connectivity index (χ0n) is 41.5. The Morgan fingerprint density at radius 2 is 0.529 bits per heavy atom. The Balaban J connectivity index is -0.0000000540. The van der Waals surface area contributed by atoms with E-state index < -0.39 is 62.4 Å². The maximum Gasteiger partial charge on any atom is 0.399 e. The van der Waals surface area contributed by atoms with Crippen LogP contribution >= 0.6 is 0 Å². The lowest BCUT2D eigenvalue weighted by atomic mass is 9.93. The van der Waals surface area contributed by atoms with Crippen LogP contribution in [0.5, 0.6) is 0 Å². The third-order valence-corrected chi connectivity index (χ3v) is 7.79. The van der Waals surface area contributed by atoms with Crippen LogP contribution in [0.3, 0.4) is 0 Å². The highest BCUT2D eigenvalue weighted by Gasteiger charge is 2.16. The summed E-state index contributed by atoms with van der Waals surface area (Å²) in [6, 6.07) is 0. The largest absolute Gasteiger partial charge is 0.399 e. The van der Waals surface area contributed by atoms with Gasteiger partial charge >= 0.3 is 62.4 Å². The van der Waals surface area contributed by atoms with Gasteiger partial charge in [0, 0.05) is 0 Å². The van der Waals surface area contributed by atoms with E-state index in [2.05, 4.69) is 75.3 Å². The van der Waals surface area contributed by atoms with Crippen molar-refractivity contribution in [1.82, 2.24) is 0 Å². The monoisotopic (exact) mass is 1120 g/mol. The normalized spacial score (nSPS) is 11.1. The van der Waals surface area contributed by atoms with Gasteiger partial charge in [0.15, 0.2) is 0 Å². The molecule has 0 aliphatic heterocycles. The predicted molar refractivity (Wildman–Crippen MR) is 271 cm³/mol. The van der Waals surface area contributed by atoms with E-state index in [1.54, 1.807) is 13.8 Å². The van der Waals surface area contributed by atoms with Crippen LogP contribution in [-0.4, -0.2) is 120 Å². The lowest BCUT2D eigenvalue weighted by molar-refractivity contribution is 0.194. The third kappa shape index (κ3) is 176. The lowest BCUT2D eigenvalue weighted by Gasteiger charge is -2.17. The van der Waals surface area contributed by atoms with E-state index in [0.717, 1.165) is 0 Å². The minimum atomic E-state index is -4.67. The molecule has 0 heterocycles. The maximum absolute atomic E-state index is 10.9. The topological polar surface area (TPSA) is 371 Å². The molecule has 30 heteroatoms. The minimum absolute atomic E-state index is 0. The zero-order chi connectivity index (χ0) is 56.1. The van der Waals surface area contributed by atoms with Crippen LogP contribution in [0.15, 0.2) is 51.6 Å². The van der Waals surface area contributed by atoms with Crippen molar-refractivity contribution >= 4 is 62.4 Å². The number of allylic oxidation sites excluding steroid dienone is 1. The smallest absolute Gasteiger partial charge is 0.264 e. The van der Waals surface area contributed by atoms with E-state index in [4.69, 9.17) is 31.2 Å². The fourth-order valence-electron chi connectivity index (χ4n) is 2.01. The van der Waals surface area contributed by atoms with Gasteiger partial charge in [-0.1, -0.05) is 82.7 Å². The van der Waals surface area contributed by atoms with Gasteiger partial charge in [0.25, 0.3) is 0 Å². The summed E-state index contributed by atoms with van der Waals surface area (Å²) in [5.74, 6) is 0. The van der Waals surface area contributed by atoms with Crippen molar-refractivity contribution in [2.75, 3.05) is 46.2 Å². The number of hydrogen-bond donors (Lipinski definition) is 5. The average Bonchev–Trinajstić information content (AvgIpc) is 3.04. The lowest BCUT2D eigenvalue weighted by Crippen LogP contribution is -2.15. The predicted octanol–water partition coefficient (Wildman–Crippen LogP) is 8.94. The van der Waals surface area contributed by atoms with Gasteiger partial charge in [-0.25, -0.2) is 29.3 Å². The first kappa shape index (κ1) is 95.8. The Morgan fingerprint density at radius 1 is 0.382 bits per heavy atom. The van der Waals surface area contributed by atoms with Gasteiger partial charge in [-0.15, -0.1) is 46.1 Å². The molecule has 68 heavy (non-hydrogen) atoms. The molecule has 0 aromatic heterocycles. The molecule has 0 fully saturated rings. The van der Waals surface area contributed by atoms with Crippen molar-refractivity contribution in [3.63, 3.8) is 0 Å². The summed E-state index contributed by atoms with van der Waals surface area (Å²) >= 11 is 0. The van der Waals surface area contributed by atoms with Gasteiger partial charge in [-0.3, -0.25) is 22.8 Å². The highest BCUT2D eigenvalue weighted by atomic mass is 32.3. The summed E-state index contributed by atoms with van der Waals surface area (Å²) < 4.78 is 187. The minimum Gasteiger partial charge on any atom is -0.264 e. The summed E-state index contributed by atoms with van der Waals surface area (Å²) in [5, 5.41) is 0. The highest BCUT2D eigenvalue weighted by Crippen LogP contribution is 2.20. The molecule has 0 saturated carbocycles. The van der Waals surface area contributed by atoms with Crippen molar-refractivity contribution < 1.29 is 103 Å². The summed E-state index contributed by atoms with van der Waals surface area (Å²) in [7, 11) is -24.8. The van der Waals surface area contributed by atoms with Gasteiger partial charge in [0.1, 0.15) is 0 Å². The van der Waals surface area contributed by atoms with Gasteiger partial charge in [-0.05, 0) is 77.0 Å². The Bertz CT molecular complexity index is 1690. The summed E-state index contributed by atoms with van der Waals surface area (Å²) in [6.45, 7) is 50.2. The summed E-state index contributed by atoms with van der Waals surface area (Å²) in [4.78, 5) is 0. The van der Waals surface area contributed by atoms with Crippen molar-refractivity contribution in [2.45, 2.75) is 138 Å². The molecule has 0 aromatic carbocycles. The number of rotatable bonds is 17. The van der Waals surface area contributed by atoms with E-state index in [-0.39, 0.29) is 77.3 Å². The van der Waals surface area contributed by atoms with Crippen molar-refractivity contribution in [3.8, 4) is 0 Å². The second-order valence-corrected chi connectivity index (χ2v) is 21.5. The van der Waals surface area contributed by atoms with Crippen molar-refractivity contribution in [1.29, 1.82) is 0 Å². The van der Waals surface area contributed by atoms with Gasteiger partial charge in [-0.2, -0.15) is 50.5 Å². The van der Waals surface area contributed by atoms with Gasteiger partial charge in [0.05, 0.1) is 46.2 Å². The summed E-state index contributed by atoms with van der Waals surface area (Å²) in [6.07, 6.45) is 1.95. The van der Waals surface area contributed by atoms with Crippen molar-refractivity contribution in [2.24, 2.45) is 16.2 Å². The van der Waals surface area contributed by atoms with E-state index in [0.29, 0.717) is 19.3 Å². The Morgan fingerprint density at radius 3 is 0.632 bits per heavy atom. The molecule has 0 spiro atoms.